The first-order valence-electron chi connectivity index (χ1n) is 10.9. The fraction of sp³-hybridized carbons (Fsp3) is 0.185. The highest BCUT2D eigenvalue weighted by Gasteiger charge is 2.43. The number of nitrogens with zero attached hydrogens (tertiary/aromatic N) is 2. The van der Waals surface area contributed by atoms with E-state index in [1.807, 2.05) is 72.1 Å². The van der Waals surface area contributed by atoms with Crippen LogP contribution in [0.5, 0.6) is 0 Å². The summed E-state index contributed by atoms with van der Waals surface area (Å²) in [5.41, 5.74) is 4.33. The fourth-order valence-electron chi connectivity index (χ4n) is 4.55. The lowest BCUT2D eigenvalue weighted by Gasteiger charge is -2.29. The van der Waals surface area contributed by atoms with Gasteiger partial charge in [-0.25, -0.2) is 5.01 Å². The first kappa shape index (κ1) is 22.1. The van der Waals surface area contributed by atoms with Crippen molar-refractivity contribution in [3.63, 3.8) is 0 Å². The van der Waals surface area contributed by atoms with Gasteiger partial charge in [-0.05, 0) is 83.8 Å². The Hall–Kier alpha value is -2.66. The molecular formula is C27H22Cl2N2OS. The highest BCUT2D eigenvalue weighted by molar-refractivity contribution is 7.10. The zero-order valence-corrected chi connectivity index (χ0v) is 20.2. The van der Waals surface area contributed by atoms with E-state index in [4.69, 9.17) is 28.3 Å². The number of carbonyl (C=O) groups excluding carboxylic acids is 1. The van der Waals surface area contributed by atoms with Crippen LogP contribution < -0.4 is 0 Å². The van der Waals surface area contributed by atoms with Crippen LogP contribution in [-0.4, -0.2) is 16.6 Å². The van der Waals surface area contributed by atoms with Crippen LogP contribution in [0.25, 0.3) is 12.2 Å². The SMILES string of the molecule is O=C(/C=C/c1cccs1)N1N=C2/C(=C/c3ccc(Cl)cc3)CCC[C@H]2[C@H]1c1ccc(Cl)cc1. The van der Waals surface area contributed by atoms with Gasteiger partial charge in [0.1, 0.15) is 0 Å². The minimum atomic E-state index is -0.147. The van der Waals surface area contributed by atoms with Gasteiger partial charge in [0.2, 0.25) is 0 Å². The second-order valence-corrected chi connectivity index (χ2v) is 10.1. The minimum Gasteiger partial charge on any atom is -0.268 e. The molecule has 0 saturated heterocycles. The van der Waals surface area contributed by atoms with Crippen LogP contribution in [0, 0.1) is 5.92 Å². The van der Waals surface area contributed by atoms with E-state index in [2.05, 4.69) is 6.08 Å². The number of allylic oxidation sites excluding steroid dienone is 1. The molecule has 166 valence electrons. The highest BCUT2D eigenvalue weighted by atomic mass is 35.5. The van der Waals surface area contributed by atoms with Gasteiger partial charge >= 0.3 is 0 Å². The average Bonchev–Trinajstić information content (AvgIpc) is 3.48. The fourth-order valence-corrected chi connectivity index (χ4v) is 5.42. The summed E-state index contributed by atoms with van der Waals surface area (Å²) in [6.07, 6.45) is 8.65. The molecular weight excluding hydrogens is 471 g/mol. The summed E-state index contributed by atoms with van der Waals surface area (Å²) in [5.74, 6) is 0.0358. The third-order valence-corrected chi connectivity index (χ3v) is 7.42. The van der Waals surface area contributed by atoms with Crippen LogP contribution >= 0.6 is 34.5 Å². The number of rotatable bonds is 4. The predicted molar refractivity (Wildman–Crippen MR) is 139 cm³/mol. The average molecular weight is 493 g/mol. The summed E-state index contributed by atoms with van der Waals surface area (Å²) < 4.78 is 0. The molecule has 0 radical (unpaired) electrons. The third-order valence-electron chi connectivity index (χ3n) is 6.08. The maximum Gasteiger partial charge on any atom is 0.267 e. The van der Waals surface area contributed by atoms with E-state index in [0.717, 1.165) is 41.0 Å². The Balaban J connectivity index is 1.52. The Kier molecular flexibility index (Phi) is 6.50. The van der Waals surface area contributed by atoms with Crippen molar-refractivity contribution in [1.82, 2.24) is 5.01 Å². The Morgan fingerprint density at radius 1 is 1.03 bits per heavy atom. The third kappa shape index (κ3) is 4.84. The summed E-state index contributed by atoms with van der Waals surface area (Å²) >= 11 is 13.8. The van der Waals surface area contributed by atoms with Crippen molar-refractivity contribution in [2.75, 3.05) is 0 Å². The molecule has 1 aromatic heterocycles. The van der Waals surface area contributed by atoms with Crippen LogP contribution in [0.15, 0.2) is 82.8 Å². The van der Waals surface area contributed by atoms with E-state index in [1.165, 1.54) is 5.57 Å². The molecule has 0 N–H and O–H groups in total. The summed E-state index contributed by atoms with van der Waals surface area (Å²) in [7, 11) is 0. The first-order chi connectivity index (χ1) is 16.1. The van der Waals surface area contributed by atoms with Gasteiger partial charge < -0.3 is 0 Å². The van der Waals surface area contributed by atoms with Gasteiger partial charge in [-0.1, -0.05) is 53.5 Å². The normalized spacial score (nSPS) is 21.5. The zero-order chi connectivity index (χ0) is 22.8. The van der Waals surface area contributed by atoms with Crippen molar-refractivity contribution in [3.8, 4) is 0 Å². The molecule has 1 amide bonds. The molecule has 0 bridgehead atoms. The topological polar surface area (TPSA) is 32.7 Å². The molecule has 3 aromatic rings. The molecule has 0 unspecified atom stereocenters. The van der Waals surface area contributed by atoms with E-state index in [-0.39, 0.29) is 17.9 Å². The van der Waals surface area contributed by atoms with Crippen molar-refractivity contribution < 1.29 is 4.79 Å². The lowest BCUT2D eigenvalue weighted by atomic mass is 9.77. The second kappa shape index (κ2) is 9.68. The molecule has 0 spiro atoms. The largest absolute Gasteiger partial charge is 0.268 e. The van der Waals surface area contributed by atoms with Gasteiger partial charge in [0.25, 0.3) is 5.91 Å². The van der Waals surface area contributed by atoms with Crippen LogP contribution in [-0.2, 0) is 4.79 Å². The molecule has 33 heavy (non-hydrogen) atoms. The predicted octanol–water partition coefficient (Wildman–Crippen LogP) is 7.89. The molecule has 1 saturated carbocycles. The van der Waals surface area contributed by atoms with E-state index in [1.54, 1.807) is 22.4 Å². The van der Waals surface area contributed by atoms with E-state index >= 15 is 0 Å². The molecule has 6 heteroatoms. The summed E-state index contributed by atoms with van der Waals surface area (Å²) in [6, 6.07) is 19.4. The lowest BCUT2D eigenvalue weighted by molar-refractivity contribution is -0.128. The molecule has 2 atom stereocenters. The number of benzene rings is 2. The smallest absolute Gasteiger partial charge is 0.267 e. The van der Waals surface area contributed by atoms with Crippen molar-refractivity contribution in [3.05, 3.63) is 104 Å². The Morgan fingerprint density at radius 3 is 2.45 bits per heavy atom. The van der Waals surface area contributed by atoms with Gasteiger partial charge in [0, 0.05) is 26.9 Å². The van der Waals surface area contributed by atoms with Crippen LogP contribution in [0.3, 0.4) is 0 Å². The molecule has 2 aliphatic rings. The summed E-state index contributed by atoms with van der Waals surface area (Å²) in [5, 5.41) is 9.97. The second-order valence-electron chi connectivity index (χ2n) is 8.23. The number of carbonyl (C=O) groups is 1. The van der Waals surface area contributed by atoms with Crippen LogP contribution in [0.1, 0.15) is 41.3 Å². The monoisotopic (exact) mass is 492 g/mol. The van der Waals surface area contributed by atoms with Crippen molar-refractivity contribution in [2.45, 2.75) is 25.3 Å². The van der Waals surface area contributed by atoms with E-state index in [0.29, 0.717) is 10.0 Å². The number of thiophene rings is 1. The number of hydrogen-bond acceptors (Lipinski definition) is 3. The highest BCUT2D eigenvalue weighted by Crippen LogP contribution is 2.44. The molecule has 2 heterocycles. The molecule has 5 rings (SSSR count). The van der Waals surface area contributed by atoms with Crippen molar-refractivity contribution in [1.29, 1.82) is 0 Å². The maximum atomic E-state index is 13.3. The molecule has 1 fully saturated rings. The zero-order valence-electron chi connectivity index (χ0n) is 17.8. The van der Waals surface area contributed by atoms with Gasteiger partial charge in [-0.2, -0.15) is 5.10 Å². The molecule has 1 aliphatic heterocycles. The van der Waals surface area contributed by atoms with E-state index < -0.39 is 0 Å². The number of hydrogen-bond donors (Lipinski definition) is 0. The molecule has 3 nitrogen and oxygen atoms in total. The van der Waals surface area contributed by atoms with Gasteiger partial charge in [-0.15, -0.1) is 11.3 Å². The van der Waals surface area contributed by atoms with E-state index in [9.17, 15) is 4.79 Å². The Morgan fingerprint density at radius 2 is 1.76 bits per heavy atom. The maximum absolute atomic E-state index is 13.3. The quantitative estimate of drug-likeness (QED) is 0.340. The number of hydrazone groups is 1. The Bertz CT molecular complexity index is 1230. The lowest BCUT2D eigenvalue weighted by Crippen LogP contribution is -2.30. The first-order valence-corrected chi connectivity index (χ1v) is 12.6. The van der Waals surface area contributed by atoms with Crippen LogP contribution in [0.4, 0.5) is 0 Å². The summed E-state index contributed by atoms with van der Waals surface area (Å²) in [6.45, 7) is 0. The van der Waals surface area contributed by atoms with Gasteiger partial charge in [0.05, 0.1) is 11.8 Å². The molecule has 2 aromatic carbocycles. The number of fused-ring (bicyclic) bond motifs is 1. The van der Waals surface area contributed by atoms with Gasteiger partial charge in [0.15, 0.2) is 0 Å². The number of halogens is 2. The van der Waals surface area contributed by atoms with Crippen LogP contribution in [0.2, 0.25) is 10.0 Å². The summed E-state index contributed by atoms with van der Waals surface area (Å²) in [4.78, 5) is 14.4. The minimum absolute atomic E-state index is 0.115. The van der Waals surface area contributed by atoms with Crippen molar-refractivity contribution >= 4 is 58.3 Å². The van der Waals surface area contributed by atoms with Crippen molar-refractivity contribution in [2.24, 2.45) is 11.0 Å². The Labute approximate surface area is 207 Å². The standard InChI is InChI=1S/C27H22Cl2N2OS/c28-21-10-6-18(7-11-21)17-20-3-1-5-24-26(20)30-31(25(32)15-14-23-4-2-16-33-23)27(24)19-8-12-22(29)13-9-19/h2,4,6-17,24,27H,1,3,5H2/b15-14+,20-17+/t24-,27-/m1/s1. The molecule has 1 aliphatic carbocycles. The van der Waals surface area contributed by atoms with Gasteiger partial charge in [-0.3, -0.25) is 4.79 Å². The number of amides is 1.